The van der Waals surface area contributed by atoms with Gasteiger partial charge in [0.2, 0.25) is 0 Å². The summed E-state index contributed by atoms with van der Waals surface area (Å²) in [5.41, 5.74) is 7.72. The molecule has 0 saturated heterocycles. The van der Waals surface area contributed by atoms with E-state index in [0.717, 1.165) is 11.3 Å². The van der Waals surface area contributed by atoms with Gasteiger partial charge in [-0.05, 0) is 43.7 Å². The summed E-state index contributed by atoms with van der Waals surface area (Å²) in [6.45, 7) is 3.84. The minimum atomic E-state index is -0.0439. The highest BCUT2D eigenvalue weighted by Gasteiger charge is 2.07. The molecular weight excluding hydrogens is 248 g/mol. The van der Waals surface area contributed by atoms with Crippen molar-refractivity contribution in [2.45, 2.75) is 19.9 Å². The lowest BCUT2D eigenvalue weighted by Crippen LogP contribution is -2.04. The zero-order valence-corrected chi connectivity index (χ0v) is 11.1. The van der Waals surface area contributed by atoms with Crippen LogP contribution in [0, 0.1) is 6.92 Å². The van der Waals surface area contributed by atoms with Gasteiger partial charge in [0, 0.05) is 11.7 Å². The molecule has 0 amide bonds. The highest BCUT2D eigenvalue weighted by Crippen LogP contribution is 2.31. The maximum Gasteiger partial charge on any atom is 0.146 e. The molecule has 94 valence electrons. The molecule has 4 heteroatoms. The molecule has 0 aliphatic heterocycles. The third kappa shape index (κ3) is 3.00. The van der Waals surface area contributed by atoms with Gasteiger partial charge in [-0.25, -0.2) is 0 Å². The van der Waals surface area contributed by atoms with Crippen LogP contribution in [0.25, 0.3) is 0 Å². The van der Waals surface area contributed by atoms with Crippen molar-refractivity contribution in [3.05, 3.63) is 52.8 Å². The molecule has 1 aromatic carbocycles. The van der Waals surface area contributed by atoms with Gasteiger partial charge in [-0.2, -0.15) is 0 Å². The lowest BCUT2D eigenvalue weighted by molar-refractivity contribution is 0.480. The van der Waals surface area contributed by atoms with E-state index >= 15 is 0 Å². The molecule has 2 aromatic rings. The Hall–Kier alpha value is -1.58. The van der Waals surface area contributed by atoms with E-state index in [1.807, 2.05) is 44.2 Å². The fraction of sp³-hybridized carbons (Fsp3) is 0.214. The zero-order valence-electron chi connectivity index (χ0n) is 10.4. The molecule has 2 rings (SSSR count). The summed E-state index contributed by atoms with van der Waals surface area (Å²) in [5.74, 6) is 1.27. The molecule has 2 N–H and O–H groups in total. The van der Waals surface area contributed by atoms with Crippen molar-refractivity contribution < 1.29 is 4.74 Å². The van der Waals surface area contributed by atoms with Crippen LogP contribution in [0.1, 0.15) is 24.2 Å². The molecular formula is C14H15ClN2O. The Morgan fingerprint density at radius 2 is 2.06 bits per heavy atom. The molecule has 0 aliphatic carbocycles. The Kier molecular flexibility index (Phi) is 3.84. The Morgan fingerprint density at radius 1 is 1.28 bits per heavy atom. The summed E-state index contributed by atoms with van der Waals surface area (Å²) in [7, 11) is 0. The fourth-order valence-electron chi connectivity index (χ4n) is 1.52. The third-order valence-electron chi connectivity index (χ3n) is 2.59. The van der Waals surface area contributed by atoms with Crippen LogP contribution in [0.5, 0.6) is 11.5 Å². The summed E-state index contributed by atoms with van der Waals surface area (Å²) in [4.78, 5) is 4.16. The van der Waals surface area contributed by atoms with Crippen LogP contribution in [0.4, 0.5) is 0 Å². The zero-order chi connectivity index (χ0) is 13.1. The first-order chi connectivity index (χ1) is 8.56. The Labute approximate surface area is 112 Å². The van der Waals surface area contributed by atoms with Crippen molar-refractivity contribution in [1.82, 2.24) is 4.98 Å². The second-order valence-corrected chi connectivity index (χ2v) is 4.62. The van der Waals surface area contributed by atoms with Crippen LogP contribution in [-0.4, -0.2) is 4.98 Å². The predicted molar refractivity (Wildman–Crippen MR) is 73.1 cm³/mol. The Morgan fingerprint density at radius 3 is 2.61 bits per heavy atom. The van der Waals surface area contributed by atoms with Crippen LogP contribution in [0.15, 0.2) is 36.5 Å². The van der Waals surface area contributed by atoms with Crippen molar-refractivity contribution in [3.8, 4) is 11.5 Å². The van der Waals surface area contributed by atoms with Gasteiger partial charge < -0.3 is 10.5 Å². The van der Waals surface area contributed by atoms with E-state index in [4.69, 9.17) is 22.1 Å². The predicted octanol–water partition coefficient (Wildman–Crippen LogP) is 3.86. The van der Waals surface area contributed by atoms with E-state index in [1.54, 1.807) is 6.20 Å². The highest BCUT2D eigenvalue weighted by molar-refractivity contribution is 6.32. The van der Waals surface area contributed by atoms with Crippen LogP contribution in [0.3, 0.4) is 0 Å². The van der Waals surface area contributed by atoms with Crippen LogP contribution < -0.4 is 10.5 Å². The van der Waals surface area contributed by atoms with E-state index in [9.17, 15) is 0 Å². The van der Waals surface area contributed by atoms with E-state index < -0.39 is 0 Å². The monoisotopic (exact) mass is 262 g/mol. The second kappa shape index (κ2) is 5.38. The first kappa shape index (κ1) is 12.9. The molecule has 3 nitrogen and oxygen atoms in total. The number of hydrogen-bond acceptors (Lipinski definition) is 3. The maximum absolute atomic E-state index is 6.15. The molecule has 18 heavy (non-hydrogen) atoms. The first-order valence-corrected chi connectivity index (χ1v) is 6.09. The Bertz CT molecular complexity index is 538. The number of nitrogens with zero attached hydrogens (tertiary/aromatic N) is 1. The van der Waals surface area contributed by atoms with Crippen molar-refractivity contribution >= 4 is 11.6 Å². The summed E-state index contributed by atoms with van der Waals surface area (Å²) in [6.07, 6.45) is 1.67. The maximum atomic E-state index is 6.15. The third-order valence-corrected chi connectivity index (χ3v) is 2.89. The van der Waals surface area contributed by atoms with Gasteiger partial charge in [0.25, 0.3) is 0 Å². The van der Waals surface area contributed by atoms with E-state index in [1.165, 1.54) is 0 Å². The minimum Gasteiger partial charge on any atom is -0.454 e. The number of hydrogen-bond donors (Lipinski definition) is 1. The molecule has 0 aliphatic rings. The highest BCUT2D eigenvalue weighted by atomic mass is 35.5. The number of aryl methyl sites for hydroxylation is 1. The van der Waals surface area contributed by atoms with E-state index in [-0.39, 0.29) is 6.04 Å². The van der Waals surface area contributed by atoms with Gasteiger partial charge in [-0.3, -0.25) is 4.98 Å². The summed E-state index contributed by atoms with van der Waals surface area (Å²) >= 11 is 6.15. The number of ether oxygens (including phenoxy) is 1. The summed E-state index contributed by atoms with van der Waals surface area (Å²) in [5, 5.41) is 0.547. The number of nitrogens with two attached hydrogens (primary N) is 1. The van der Waals surface area contributed by atoms with Gasteiger partial charge in [0.05, 0.1) is 11.2 Å². The topological polar surface area (TPSA) is 48.1 Å². The quantitative estimate of drug-likeness (QED) is 0.914. The first-order valence-electron chi connectivity index (χ1n) is 5.72. The number of pyridine rings is 1. The SMILES string of the molecule is Cc1ccc(Oc2ccc([C@H](C)N)cc2Cl)cn1. The van der Waals surface area contributed by atoms with Gasteiger partial charge in [-0.15, -0.1) is 0 Å². The smallest absolute Gasteiger partial charge is 0.146 e. The minimum absolute atomic E-state index is 0.0439. The van der Waals surface area contributed by atoms with Crippen molar-refractivity contribution in [3.63, 3.8) is 0 Å². The number of aromatic nitrogens is 1. The average Bonchev–Trinajstić information content (AvgIpc) is 2.34. The fourth-order valence-corrected chi connectivity index (χ4v) is 1.75. The molecule has 0 saturated carbocycles. The molecule has 1 atom stereocenters. The molecule has 0 fully saturated rings. The Balaban J connectivity index is 2.22. The number of rotatable bonds is 3. The standard InChI is InChI=1S/C14H15ClN2O/c1-9-3-5-12(8-17-9)18-14-6-4-11(10(2)16)7-13(14)15/h3-8,10H,16H2,1-2H3/t10-/m0/s1. The van der Waals surface area contributed by atoms with Gasteiger partial charge in [-0.1, -0.05) is 17.7 Å². The molecule has 1 aromatic heterocycles. The van der Waals surface area contributed by atoms with Gasteiger partial charge in [0.15, 0.2) is 0 Å². The van der Waals surface area contributed by atoms with Gasteiger partial charge >= 0.3 is 0 Å². The van der Waals surface area contributed by atoms with E-state index in [2.05, 4.69) is 4.98 Å². The van der Waals surface area contributed by atoms with Crippen molar-refractivity contribution in [2.75, 3.05) is 0 Å². The largest absolute Gasteiger partial charge is 0.454 e. The molecule has 0 radical (unpaired) electrons. The van der Waals surface area contributed by atoms with Crippen LogP contribution in [-0.2, 0) is 0 Å². The molecule has 0 bridgehead atoms. The summed E-state index contributed by atoms with van der Waals surface area (Å²) < 4.78 is 5.66. The normalized spacial score (nSPS) is 12.2. The molecule has 1 heterocycles. The molecule has 0 unspecified atom stereocenters. The van der Waals surface area contributed by atoms with E-state index in [0.29, 0.717) is 16.5 Å². The van der Waals surface area contributed by atoms with Crippen LogP contribution in [0.2, 0.25) is 5.02 Å². The number of benzene rings is 1. The second-order valence-electron chi connectivity index (χ2n) is 4.22. The number of halogens is 1. The van der Waals surface area contributed by atoms with Crippen molar-refractivity contribution in [2.24, 2.45) is 5.73 Å². The van der Waals surface area contributed by atoms with Gasteiger partial charge in [0.1, 0.15) is 11.5 Å². The lowest BCUT2D eigenvalue weighted by Gasteiger charge is -2.10. The van der Waals surface area contributed by atoms with Crippen LogP contribution >= 0.6 is 11.6 Å². The molecule has 0 spiro atoms. The average molecular weight is 263 g/mol. The van der Waals surface area contributed by atoms with Crippen molar-refractivity contribution in [1.29, 1.82) is 0 Å². The lowest BCUT2D eigenvalue weighted by atomic mass is 10.1. The summed E-state index contributed by atoms with van der Waals surface area (Å²) in [6, 6.07) is 9.26.